The van der Waals surface area contributed by atoms with E-state index in [2.05, 4.69) is 92.7 Å². The van der Waals surface area contributed by atoms with Crippen LogP contribution in [0.15, 0.2) is 35.9 Å². The fraction of sp³-hybridized carbons (Fsp3) is 0.652. The Labute approximate surface area is 310 Å². The molecule has 3 rings (SSSR count). The van der Waals surface area contributed by atoms with E-state index in [1.165, 1.54) is 101 Å². The summed E-state index contributed by atoms with van der Waals surface area (Å²) in [6, 6.07) is 9.67. The van der Waals surface area contributed by atoms with E-state index in [0.717, 1.165) is 82.0 Å². The van der Waals surface area contributed by atoms with Crippen molar-refractivity contribution >= 4 is 11.4 Å². The van der Waals surface area contributed by atoms with Gasteiger partial charge in [0, 0.05) is 22.8 Å². The molecule has 1 heterocycles. The molecule has 0 unspecified atom stereocenters. The number of allylic oxidation sites excluding steroid dienone is 2. The molecule has 2 aromatic rings. The Morgan fingerprint density at radius 3 is 1.27 bits per heavy atom. The van der Waals surface area contributed by atoms with Crippen LogP contribution in [0.2, 0.25) is 10.8 Å². The van der Waals surface area contributed by atoms with E-state index in [9.17, 15) is 5.53 Å². The molecule has 49 heavy (non-hydrogen) atoms. The third-order valence-corrected chi connectivity index (χ3v) is 10.7. The molecule has 0 N–H and O–H groups in total. The SMILES string of the molecule is CCCCCCCCC1=C(c2cc(CCC)c(CCC)c(CCC)c2)[N+](=[N-])C(c2cc(CCC)c(CCC)c(CCC)c2)=C1.C[CH2][Ni][CH2]C. The standard InChI is InChI=1S/C42H64N2.2C2H5.Ni/c1-8-15-16-17-18-19-26-36-31-41(37-27-32(20-9-2)39(24-13-6)33(28-37)21-10-3)44(43)42(36)38-29-34(22-11-4)40(25-14-7)35(30-38)23-12-5;2*1-2;/h27-31H,8-26H2,1-7H3;2*1H2,2H3;. The molecule has 1 aliphatic rings. The van der Waals surface area contributed by atoms with E-state index in [1.54, 1.807) is 15.8 Å². The second-order valence-electron chi connectivity index (χ2n) is 13.9. The van der Waals surface area contributed by atoms with Crippen LogP contribution in [0, 0.1) is 0 Å². The van der Waals surface area contributed by atoms with Gasteiger partial charge in [-0.05, 0) is 109 Å². The predicted octanol–water partition coefficient (Wildman–Crippen LogP) is 14.9. The molecule has 0 atom stereocenters. The Bertz CT molecular complexity index is 1270. The van der Waals surface area contributed by atoms with E-state index in [1.807, 2.05) is 14.4 Å². The first-order chi connectivity index (χ1) is 23.9. The zero-order valence-corrected chi connectivity index (χ0v) is 34.4. The first-order valence-corrected chi connectivity index (χ1v) is 22.0. The van der Waals surface area contributed by atoms with Gasteiger partial charge in [-0.1, -0.05) is 119 Å². The van der Waals surface area contributed by atoms with Gasteiger partial charge in [0.05, 0.1) is 0 Å². The van der Waals surface area contributed by atoms with Crippen LogP contribution < -0.4 is 0 Å². The summed E-state index contributed by atoms with van der Waals surface area (Å²) in [6.07, 6.45) is 24.7. The van der Waals surface area contributed by atoms with Gasteiger partial charge in [0.15, 0.2) is 0 Å². The minimum atomic E-state index is 0.963. The van der Waals surface area contributed by atoms with Crippen molar-refractivity contribution in [2.45, 2.75) is 195 Å². The van der Waals surface area contributed by atoms with Crippen molar-refractivity contribution in [2.75, 3.05) is 0 Å². The molecule has 0 aliphatic carbocycles. The summed E-state index contributed by atoms with van der Waals surface area (Å²) in [5.74, 6) is 0. The summed E-state index contributed by atoms with van der Waals surface area (Å²) < 4.78 is 1.58. The number of hydrogen-bond donors (Lipinski definition) is 0. The fourth-order valence-electron chi connectivity index (χ4n) is 7.50. The first-order valence-electron chi connectivity index (χ1n) is 20.6. The Kier molecular flexibility index (Phi) is 22.1. The van der Waals surface area contributed by atoms with Gasteiger partial charge in [0.25, 0.3) is 0 Å². The van der Waals surface area contributed by atoms with Crippen LogP contribution in [0.5, 0.6) is 0 Å². The van der Waals surface area contributed by atoms with E-state index in [4.69, 9.17) is 0 Å². The second-order valence-corrected chi connectivity index (χ2v) is 15.8. The van der Waals surface area contributed by atoms with Gasteiger partial charge in [-0.25, -0.2) is 4.70 Å². The molecule has 1 aliphatic heterocycles. The number of unbranched alkanes of at least 4 members (excludes halogenated alkanes) is 5. The maximum atomic E-state index is 12.1. The topological polar surface area (TPSA) is 25.3 Å². The second kappa shape index (κ2) is 25.0. The van der Waals surface area contributed by atoms with Gasteiger partial charge in [0.2, 0.25) is 11.4 Å². The van der Waals surface area contributed by atoms with Crippen LogP contribution in [-0.2, 0) is 53.0 Å². The van der Waals surface area contributed by atoms with Crippen LogP contribution >= 0.6 is 0 Å². The third-order valence-electron chi connectivity index (χ3n) is 9.69. The van der Waals surface area contributed by atoms with Gasteiger partial charge in [-0.3, -0.25) is 0 Å². The molecule has 0 saturated heterocycles. The Hall–Kier alpha value is -1.99. The molecule has 0 radical (unpaired) electrons. The molecule has 0 saturated carbocycles. The Morgan fingerprint density at radius 1 is 0.469 bits per heavy atom. The van der Waals surface area contributed by atoms with E-state index in [0.29, 0.717) is 0 Å². The molecule has 0 amide bonds. The van der Waals surface area contributed by atoms with Gasteiger partial charge >= 0.3 is 39.1 Å². The molecule has 0 aromatic heterocycles. The predicted molar refractivity (Wildman–Crippen MR) is 214 cm³/mol. The molecule has 2 nitrogen and oxygen atoms in total. The van der Waals surface area contributed by atoms with Crippen LogP contribution in [0.1, 0.15) is 190 Å². The van der Waals surface area contributed by atoms with Crippen LogP contribution in [-0.4, -0.2) is 4.70 Å². The normalized spacial score (nSPS) is 12.9. The molecule has 3 heteroatoms. The van der Waals surface area contributed by atoms with Gasteiger partial charge in [-0.2, -0.15) is 0 Å². The third kappa shape index (κ3) is 13.3. The first kappa shape index (κ1) is 43.2. The van der Waals surface area contributed by atoms with Crippen molar-refractivity contribution < 1.29 is 19.1 Å². The monoisotopic (exact) mass is 713 g/mol. The van der Waals surface area contributed by atoms with Crippen molar-refractivity contribution in [1.82, 2.24) is 0 Å². The summed E-state index contributed by atoms with van der Waals surface area (Å²) in [4.78, 5) is 0. The summed E-state index contributed by atoms with van der Waals surface area (Å²) in [7, 11) is 0. The number of nitrogens with zero attached hydrogens (tertiary/aromatic N) is 2. The van der Waals surface area contributed by atoms with Crippen LogP contribution in [0.25, 0.3) is 16.9 Å². The quantitative estimate of drug-likeness (QED) is 0.0622. The van der Waals surface area contributed by atoms with Crippen molar-refractivity contribution in [2.24, 2.45) is 0 Å². The van der Waals surface area contributed by atoms with Gasteiger partial charge in [-0.15, -0.1) is 0 Å². The van der Waals surface area contributed by atoms with Crippen molar-refractivity contribution in [3.63, 3.8) is 0 Å². The number of aryl methyl sites for hydroxylation is 4. The number of rotatable bonds is 23. The van der Waals surface area contributed by atoms with Gasteiger partial charge < -0.3 is 5.53 Å². The summed E-state index contributed by atoms with van der Waals surface area (Å²) in [5, 5.41) is 2.56. The Balaban J connectivity index is 0.00000155. The van der Waals surface area contributed by atoms with Crippen LogP contribution in [0.3, 0.4) is 0 Å². The summed E-state index contributed by atoms with van der Waals surface area (Å²) in [6.45, 7) is 20.4. The van der Waals surface area contributed by atoms with Gasteiger partial charge in [0.1, 0.15) is 0 Å². The van der Waals surface area contributed by atoms with Crippen molar-refractivity contribution in [3.05, 3.63) is 86.0 Å². The van der Waals surface area contributed by atoms with Crippen molar-refractivity contribution in [3.8, 4) is 0 Å². The minimum absolute atomic E-state index is 0.963. The Morgan fingerprint density at radius 2 is 0.878 bits per heavy atom. The molecule has 0 fully saturated rings. The van der Waals surface area contributed by atoms with E-state index in [-0.39, 0.29) is 0 Å². The average Bonchev–Trinajstić information content (AvgIpc) is 3.42. The zero-order chi connectivity index (χ0) is 36.0. The van der Waals surface area contributed by atoms with E-state index < -0.39 is 0 Å². The molecule has 278 valence electrons. The molecular formula is C46H74N2Ni. The molecule has 0 bridgehead atoms. The number of benzene rings is 2. The maximum absolute atomic E-state index is 12.1. The zero-order valence-electron chi connectivity index (χ0n) is 33.4. The summed E-state index contributed by atoms with van der Waals surface area (Å²) >= 11 is 1.82. The van der Waals surface area contributed by atoms with Crippen LogP contribution in [0.4, 0.5) is 0 Å². The van der Waals surface area contributed by atoms with Crippen molar-refractivity contribution in [1.29, 1.82) is 0 Å². The molecule has 2 aromatic carbocycles. The summed E-state index contributed by atoms with van der Waals surface area (Å²) in [5.41, 5.74) is 26.9. The fourth-order valence-corrected chi connectivity index (χ4v) is 7.99. The van der Waals surface area contributed by atoms with E-state index >= 15 is 0 Å². The molecule has 0 spiro atoms. The average molecular weight is 714 g/mol. The number of hydrogen-bond acceptors (Lipinski definition) is 0. The molecular weight excluding hydrogens is 639 g/mol.